The molecule has 3 saturated heterocycles. The van der Waals surface area contributed by atoms with Gasteiger partial charge >= 0.3 is 24.2 Å². The van der Waals surface area contributed by atoms with E-state index in [9.17, 15) is 24.0 Å². The first-order chi connectivity index (χ1) is 52.8. The van der Waals surface area contributed by atoms with Crippen LogP contribution in [0.25, 0.3) is 0 Å². The van der Waals surface area contributed by atoms with Crippen molar-refractivity contribution in [3.8, 4) is 0 Å². The van der Waals surface area contributed by atoms with Crippen LogP contribution in [0.1, 0.15) is 225 Å². The predicted octanol–water partition coefficient (Wildman–Crippen LogP) is 16.0. The monoisotopic (exact) mass is 1670 g/mol. The number of rotatable bonds is 16. The summed E-state index contributed by atoms with van der Waals surface area (Å²) in [5, 5.41) is 10.2. The fraction of sp³-hybridized carbons (Fsp3) is 0.612. The maximum atomic E-state index is 12.4. The quantitative estimate of drug-likeness (QED) is 0.0175. The lowest BCUT2D eigenvalue weighted by molar-refractivity contribution is -0.168. The van der Waals surface area contributed by atoms with E-state index in [-0.39, 0.29) is 93.6 Å². The van der Waals surface area contributed by atoms with Gasteiger partial charge in [0.05, 0.1) is 18.9 Å². The fourth-order valence-electron chi connectivity index (χ4n) is 10.7. The summed E-state index contributed by atoms with van der Waals surface area (Å²) >= 11 is 3.30. The number of hydrogen-bond acceptors (Lipinski definition) is 22. The maximum Gasteiger partial charge on any atom is 0.410 e. The van der Waals surface area contributed by atoms with Gasteiger partial charge in [-0.3, -0.25) is 15.0 Å². The van der Waals surface area contributed by atoms with Gasteiger partial charge in [-0.1, -0.05) is 165 Å². The Morgan fingerprint density at radius 3 is 1.21 bits per heavy atom. The third-order valence-electron chi connectivity index (χ3n) is 17.6. The van der Waals surface area contributed by atoms with E-state index < -0.39 is 11.9 Å². The Balaban J connectivity index is 0.000000470. The van der Waals surface area contributed by atoms with Crippen LogP contribution in [0.15, 0.2) is 119 Å². The Morgan fingerprint density at radius 1 is 0.518 bits per heavy atom. The Bertz CT molecular complexity index is 3810. The number of H-pyrrole nitrogens is 1. The van der Waals surface area contributed by atoms with Gasteiger partial charge in [0, 0.05) is 137 Å². The number of amides is 3. The molecule has 3 amide bonds. The minimum atomic E-state index is -0.464. The van der Waals surface area contributed by atoms with Crippen LogP contribution in [0.4, 0.5) is 26.0 Å². The first-order valence-electron chi connectivity index (χ1n) is 39.3. The van der Waals surface area contributed by atoms with E-state index >= 15 is 0 Å². The molecule has 4 aromatic heterocycles. The molecule has 2 aromatic carbocycles. The minimum absolute atomic E-state index is 0. The molecule has 0 aliphatic carbocycles. The summed E-state index contributed by atoms with van der Waals surface area (Å²) in [7, 11) is 5.48. The van der Waals surface area contributed by atoms with Crippen molar-refractivity contribution in [1.82, 2.24) is 59.9 Å². The van der Waals surface area contributed by atoms with Gasteiger partial charge in [-0.05, 0) is 138 Å². The smallest absolute Gasteiger partial charge is 0.410 e. The summed E-state index contributed by atoms with van der Waals surface area (Å²) in [6.07, 6.45) is 11.5. The van der Waals surface area contributed by atoms with Crippen LogP contribution in [-0.4, -0.2) is 195 Å². The van der Waals surface area contributed by atoms with E-state index in [4.69, 9.17) is 49.5 Å². The summed E-state index contributed by atoms with van der Waals surface area (Å²) < 4.78 is 32.2. The summed E-state index contributed by atoms with van der Waals surface area (Å²) in [4.78, 5) is 102. The molecule has 7 heterocycles. The first-order valence-corrected chi connectivity index (χ1v) is 40.1. The van der Waals surface area contributed by atoms with Gasteiger partial charge in [0.2, 0.25) is 0 Å². The molecule has 0 atom stereocenters. The molecule has 29 heteroatoms. The van der Waals surface area contributed by atoms with Crippen LogP contribution >= 0.6 is 28.3 Å². The molecular weight excluding hydrogens is 1540 g/mol. The summed E-state index contributed by atoms with van der Waals surface area (Å²) in [5.41, 5.74) is 6.29. The third kappa shape index (κ3) is 39.7. The van der Waals surface area contributed by atoms with Gasteiger partial charge < -0.3 is 69.0 Å². The standard InChI is InChI=1S/C22H30N4O2.C19H32N4O2.C14H20N2O2.C9H18O4.C8H11BrN2.C8H12N2O.C5H12N2.ClH/c1-22(2,3)20-23-13-10-19(24-20)26-14-11-18(12-15-26)25(4)21(27)28-16-17-8-6-5-7-9-17;1-18(2,3)16-20-11-8-15(21-16)23-12-9-14(10-13-23)22(7)17(24)25-19(4,5)6;1-16(13-7-9-15-10-8-13)14(17)18-11-12-5-3-2-4-6-12;1-4-11-8(10)7-9(12-5-2)13-6-3;1-8(2,3)7-10-5-4-6(9)11-7;1-8(2,3)7-9-5-4-6(11)10-7;1-5(2,3)4(6)7;/h5-10,13,18H,11-12,14-16H2,1-4H3;8,11,14H,9-10,12-13H2,1-7H3;2-6,13,15H,7-11H2,1H3;9H,4-7H2,1-3H3;4-5H,1-3H3;4-5H,1-3H3,(H,9,10,11);1-3H3,(H3,6,7);1H. The fourth-order valence-corrected chi connectivity index (χ4v) is 11.0. The molecule has 3 fully saturated rings. The average Bonchev–Trinajstić information content (AvgIpc) is 0.819. The normalized spacial score (nSPS) is 14.1. The minimum Gasteiger partial charge on any atom is -0.466 e. The van der Waals surface area contributed by atoms with Crippen molar-refractivity contribution in [2.24, 2.45) is 11.1 Å². The number of esters is 1. The summed E-state index contributed by atoms with van der Waals surface area (Å²) in [6, 6.07) is 27.4. The number of anilines is 2. The first kappa shape index (κ1) is 102. The van der Waals surface area contributed by atoms with Crippen molar-refractivity contribution in [3.63, 3.8) is 0 Å². The van der Waals surface area contributed by atoms with Crippen LogP contribution < -0.4 is 26.4 Å². The molecule has 0 bridgehead atoms. The molecular formula is C85H136BrClN16O11. The Hall–Kier alpha value is -8.44. The number of aromatic amines is 1. The van der Waals surface area contributed by atoms with Gasteiger partial charge in [-0.25, -0.2) is 49.3 Å². The SMILES string of the molecule is CC(C)(C)C(=N)N.CC(C)(C)c1nccc(=O)[nH]1.CC(C)(C)c1nccc(Br)n1.CCOC(=O)CC(OCC)OCC.CN(C(=O)OC(C)(C)C)C1CCN(c2ccnc(C(C)(C)C)n2)CC1.CN(C(=O)OCc1ccccc1)C1CCN(c2ccnc(C(C)(C)C)n2)CC1.CN(C(=O)OCc1ccccc1)C1CCNCC1.Cl. The van der Waals surface area contributed by atoms with E-state index in [1.54, 1.807) is 27.8 Å². The van der Waals surface area contributed by atoms with Crippen molar-refractivity contribution >= 4 is 70.1 Å². The summed E-state index contributed by atoms with van der Waals surface area (Å²) in [6.45, 7) is 49.4. The van der Waals surface area contributed by atoms with Crippen molar-refractivity contribution in [3.05, 3.63) is 159 Å². The van der Waals surface area contributed by atoms with Crippen LogP contribution in [0.2, 0.25) is 0 Å². The largest absolute Gasteiger partial charge is 0.466 e. The number of benzene rings is 2. The highest BCUT2D eigenvalue weighted by Gasteiger charge is 2.32. The van der Waals surface area contributed by atoms with Crippen molar-refractivity contribution in [2.75, 3.05) is 90.0 Å². The lowest BCUT2D eigenvalue weighted by Gasteiger charge is -2.37. The molecule has 0 radical (unpaired) electrons. The van der Waals surface area contributed by atoms with E-state index in [0.29, 0.717) is 39.1 Å². The van der Waals surface area contributed by atoms with Crippen LogP contribution in [0.5, 0.6) is 0 Å². The van der Waals surface area contributed by atoms with Crippen molar-refractivity contribution in [2.45, 2.75) is 255 Å². The molecule has 0 saturated carbocycles. The molecule has 9 rings (SSSR count). The van der Waals surface area contributed by atoms with E-state index in [0.717, 1.165) is 128 Å². The van der Waals surface area contributed by atoms with Gasteiger partial charge in [-0.15, -0.1) is 12.4 Å². The second-order valence-corrected chi connectivity index (χ2v) is 34.6. The van der Waals surface area contributed by atoms with E-state index in [1.165, 1.54) is 12.3 Å². The number of nitrogens with two attached hydrogens (primary N) is 1. The molecule has 27 nitrogen and oxygen atoms in total. The zero-order chi connectivity index (χ0) is 84.9. The number of aromatic nitrogens is 8. The van der Waals surface area contributed by atoms with E-state index in [2.05, 4.69) is 123 Å². The molecule has 3 aliphatic heterocycles. The van der Waals surface area contributed by atoms with Gasteiger partial charge in [-0.2, -0.15) is 0 Å². The topological polar surface area (TPSA) is 325 Å². The third-order valence-corrected chi connectivity index (χ3v) is 18.1. The van der Waals surface area contributed by atoms with E-state index in [1.807, 2.05) is 189 Å². The predicted molar refractivity (Wildman–Crippen MR) is 459 cm³/mol. The molecule has 114 heavy (non-hydrogen) atoms. The molecule has 636 valence electrons. The number of ether oxygens (including phenoxy) is 6. The number of carbonyl (C=O) groups is 4. The summed E-state index contributed by atoms with van der Waals surface area (Å²) in [5.74, 6) is 5.21. The lowest BCUT2D eigenvalue weighted by atomic mass is 9.96. The van der Waals surface area contributed by atoms with Crippen LogP contribution in [0.3, 0.4) is 0 Å². The van der Waals surface area contributed by atoms with Crippen LogP contribution in [0, 0.1) is 10.8 Å². The number of carbonyl (C=O) groups excluding carboxylic acids is 4. The average molecular weight is 1670 g/mol. The Morgan fingerprint density at radius 2 is 0.886 bits per heavy atom. The highest BCUT2D eigenvalue weighted by Crippen LogP contribution is 2.28. The highest BCUT2D eigenvalue weighted by atomic mass is 79.9. The molecule has 5 N–H and O–H groups in total. The Kier molecular flexibility index (Phi) is 44.1. The zero-order valence-electron chi connectivity index (χ0n) is 72.7. The number of nitrogens with zero attached hydrogens (tertiary/aromatic N) is 12. The maximum absolute atomic E-state index is 12.4. The lowest BCUT2D eigenvalue weighted by Crippen LogP contribution is -2.47. The highest BCUT2D eigenvalue weighted by molar-refractivity contribution is 9.10. The number of amidine groups is 1. The molecule has 6 aromatic rings. The molecule has 3 aliphatic rings. The van der Waals surface area contributed by atoms with Gasteiger partial charge in [0.25, 0.3) is 5.56 Å². The molecule has 0 unspecified atom stereocenters. The Labute approximate surface area is 694 Å². The number of nitrogens with one attached hydrogen (secondary N) is 3. The van der Waals surface area contributed by atoms with Gasteiger partial charge in [0.1, 0.15) is 58.4 Å². The molecule has 0 spiro atoms. The second kappa shape index (κ2) is 49.5. The van der Waals surface area contributed by atoms with Gasteiger partial charge in [0.15, 0.2) is 6.29 Å². The zero-order valence-corrected chi connectivity index (χ0v) is 75.1. The van der Waals surface area contributed by atoms with Crippen LogP contribution in [-0.2, 0) is 68.1 Å². The van der Waals surface area contributed by atoms with Crippen molar-refractivity contribution < 1.29 is 47.6 Å². The second-order valence-electron chi connectivity index (χ2n) is 33.8. The number of halogens is 2. The van der Waals surface area contributed by atoms with Crippen molar-refractivity contribution in [1.29, 1.82) is 5.41 Å². The number of hydrogen-bond donors (Lipinski definition) is 4. The number of piperidine rings is 3.